The van der Waals surface area contributed by atoms with E-state index in [1.165, 1.54) is 56.7 Å². The van der Waals surface area contributed by atoms with Gasteiger partial charge in [-0.05, 0) is 44.4 Å². The average molecular weight is 878 g/mol. The van der Waals surface area contributed by atoms with Crippen LogP contribution in [0.3, 0.4) is 0 Å². The number of hydrogen-bond acceptors (Lipinski definition) is 13. The molecule has 0 bridgehead atoms. The van der Waals surface area contributed by atoms with Gasteiger partial charge in [-0.15, -0.1) is 11.8 Å². The molecule has 0 saturated heterocycles. The second-order valence-electron chi connectivity index (χ2n) is 15.1. The summed E-state index contributed by atoms with van der Waals surface area (Å²) in [6.45, 7) is 4.00. The number of carboxylic acid groups (broad SMARTS) is 1. The minimum absolute atomic E-state index is 0.0238. The molecule has 14 nitrogen and oxygen atoms in total. The Morgan fingerprint density at radius 2 is 1.44 bits per heavy atom. The van der Waals surface area contributed by atoms with E-state index in [-0.39, 0.29) is 31.4 Å². The van der Waals surface area contributed by atoms with Crippen LogP contribution in [-0.2, 0) is 37.5 Å². The third-order valence-corrected chi connectivity index (χ3v) is 11.3. The van der Waals surface area contributed by atoms with Gasteiger partial charge in [0.25, 0.3) is 0 Å². The van der Waals surface area contributed by atoms with E-state index in [1.54, 1.807) is 18.2 Å². The summed E-state index contributed by atoms with van der Waals surface area (Å²) in [5.74, 6) is -1.74. The van der Waals surface area contributed by atoms with Crippen molar-refractivity contribution >= 4 is 37.5 Å². The molecule has 0 amide bonds. The van der Waals surface area contributed by atoms with Crippen LogP contribution < -0.4 is 5.73 Å². The van der Waals surface area contributed by atoms with E-state index in [9.17, 15) is 34.1 Å². The molecule has 0 aromatic carbocycles. The Morgan fingerprint density at radius 3 is 2.10 bits per heavy atom. The van der Waals surface area contributed by atoms with E-state index < -0.39 is 81.8 Å². The average Bonchev–Trinajstić information content (AvgIpc) is 3.19. The largest absolute Gasteiger partial charge is 0.481 e. The lowest BCUT2D eigenvalue weighted by molar-refractivity contribution is -0.161. The summed E-state index contributed by atoms with van der Waals surface area (Å²) in [4.78, 5) is 46.7. The second-order valence-corrected chi connectivity index (χ2v) is 17.7. The fraction of sp³-hybridized carbons (Fsp3) is 0.744. The molecule has 0 fully saturated rings. The van der Waals surface area contributed by atoms with Crippen LogP contribution in [0.1, 0.15) is 136 Å². The van der Waals surface area contributed by atoms with Gasteiger partial charge in [0.2, 0.25) is 0 Å². The number of hydrogen-bond donors (Lipinski definition) is 6. The number of carbonyl (C=O) groups is 3. The molecule has 0 saturated carbocycles. The molecule has 0 aliphatic rings. The van der Waals surface area contributed by atoms with Gasteiger partial charge in [0.05, 0.1) is 25.9 Å². The number of unbranched alkanes of at least 4 members (excludes halogenated alkanes) is 10. The van der Waals surface area contributed by atoms with Gasteiger partial charge in [0.15, 0.2) is 6.10 Å². The van der Waals surface area contributed by atoms with Crippen molar-refractivity contribution in [2.45, 2.75) is 166 Å². The predicted octanol–water partition coefficient (Wildman–Crippen LogP) is 7.73. The molecule has 342 valence electrons. The maximum absolute atomic E-state index is 13.1. The number of carboxylic acids is 1. The van der Waals surface area contributed by atoms with Crippen LogP contribution in [0.25, 0.3) is 0 Å². The van der Waals surface area contributed by atoms with Crippen LogP contribution in [-0.4, -0.2) is 105 Å². The summed E-state index contributed by atoms with van der Waals surface area (Å²) in [6.07, 6.45) is 27.3. The Hall–Kier alpha value is -2.33. The van der Waals surface area contributed by atoms with Crippen LogP contribution in [0.2, 0.25) is 0 Å². The molecule has 59 heavy (non-hydrogen) atoms. The number of allylic oxidation sites excluding steroid dienone is 7. The fourth-order valence-electron chi connectivity index (χ4n) is 5.42. The number of phosphoric acid groups is 1. The molecule has 0 aromatic rings. The number of aliphatic hydroxyl groups excluding tert-OH is 3. The number of rotatable bonds is 39. The monoisotopic (exact) mass is 877 g/mol. The van der Waals surface area contributed by atoms with Crippen molar-refractivity contribution in [1.82, 2.24) is 0 Å². The first-order chi connectivity index (χ1) is 28.2. The number of aliphatic hydroxyl groups is 3. The summed E-state index contributed by atoms with van der Waals surface area (Å²) in [5.41, 5.74) is 6.17. The Balaban J connectivity index is 5.33. The third kappa shape index (κ3) is 36.1. The van der Waals surface area contributed by atoms with E-state index in [2.05, 4.69) is 37.4 Å². The van der Waals surface area contributed by atoms with Gasteiger partial charge in [-0.3, -0.25) is 23.4 Å². The highest BCUT2D eigenvalue weighted by molar-refractivity contribution is 8.00. The Morgan fingerprint density at radius 1 is 0.780 bits per heavy atom. The molecular formula is C43H76NO13PS. The zero-order chi connectivity index (χ0) is 44.2. The van der Waals surface area contributed by atoms with E-state index >= 15 is 0 Å². The van der Waals surface area contributed by atoms with Crippen molar-refractivity contribution in [2.24, 2.45) is 11.7 Å². The van der Waals surface area contributed by atoms with Crippen molar-refractivity contribution < 1.29 is 62.8 Å². The van der Waals surface area contributed by atoms with E-state index in [4.69, 9.17) is 29.9 Å². The van der Waals surface area contributed by atoms with Crippen LogP contribution in [0, 0.1) is 5.92 Å². The van der Waals surface area contributed by atoms with Gasteiger partial charge in [-0.25, -0.2) is 4.57 Å². The van der Waals surface area contributed by atoms with Crippen molar-refractivity contribution in [3.8, 4) is 0 Å². The molecule has 16 heteroatoms. The van der Waals surface area contributed by atoms with Gasteiger partial charge in [-0.1, -0.05) is 134 Å². The Kier molecular flexibility index (Phi) is 36.0. The van der Waals surface area contributed by atoms with Gasteiger partial charge in [0.1, 0.15) is 18.8 Å². The summed E-state index contributed by atoms with van der Waals surface area (Å²) in [5, 5.41) is 37.8. The summed E-state index contributed by atoms with van der Waals surface area (Å²) >= 11 is 1.17. The molecular weight excluding hydrogens is 802 g/mol. The number of nitrogens with two attached hydrogens (primary N) is 1. The first-order valence-corrected chi connectivity index (χ1v) is 23.9. The van der Waals surface area contributed by atoms with Crippen LogP contribution in [0.5, 0.6) is 0 Å². The molecule has 7 N–H and O–H groups in total. The molecule has 0 radical (unpaired) electrons. The van der Waals surface area contributed by atoms with Gasteiger partial charge < -0.3 is 40.5 Å². The third-order valence-electron chi connectivity index (χ3n) is 8.91. The van der Waals surface area contributed by atoms with Crippen molar-refractivity contribution in [1.29, 1.82) is 0 Å². The summed E-state index contributed by atoms with van der Waals surface area (Å²) in [6, 6.07) is -1.24. The van der Waals surface area contributed by atoms with Gasteiger partial charge in [0, 0.05) is 23.8 Å². The SMILES string of the molecule is CCCCC/C=C\C\C=C/C=C/C=C/[C@@H](SC[C@H](N)C(=O)O[C@H](COC(=O)CCCCCCCCCCC(C)C)COP(=O)(O)OC[C@@H](O)CO)[C@@H](O)CCCC(=O)O. The summed E-state index contributed by atoms with van der Waals surface area (Å²) in [7, 11) is -4.77. The lowest BCUT2D eigenvalue weighted by Gasteiger charge is -2.23. The normalized spacial score (nSPS) is 15.9. The first-order valence-electron chi connectivity index (χ1n) is 21.4. The van der Waals surface area contributed by atoms with Crippen LogP contribution >= 0.6 is 19.6 Å². The van der Waals surface area contributed by atoms with Gasteiger partial charge in [-0.2, -0.15) is 0 Å². The van der Waals surface area contributed by atoms with Crippen LogP contribution in [0.4, 0.5) is 0 Å². The zero-order valence-electron chi connectivity index (χ0n) is 35.8. The maximum atomic E-state index is 13.1. The number of aliphatic carboxylic acids is 1. The topological polar surface area (TPSA) is 232 Å². The highest BCUT2D eigenvalue weighted by atomic mass is 32.2. The minimum atomic E-state index is -4.77. The van der Waals surface area contributed by atoms with Gasteiger partial charge >= 0.3 is 25.7 Å². The maximum Gasteiger partial charge on any atom is 0.472 e. The lowest BCUT2D eigenvalue weighted by atomic mass is 10.0. The molecule has 0 aromatic heterocycles. The van der Waals surface area contributed by atoms with Crippen LogP contribution in [0.15, 0.2) is 48.6 Å². The molecule has 0 aliphatic heterocycles. The number of esters is 2. The van der Waals surface area contributed by atoms with Crippen molar-refractivity contribution in [3.63, 3.8) is 0 Å². The van der Waals surface area contributed by atoms with Crippen molar-refractivity contribution in [3.05, 3.63) is 48.6 Å². The smallest absolute Gasteiger partial charge is 0.472 e. The molecule has 0 rings (SSSR count). The zero-order valence-corrected chi connectivity index (χ0v) is 37.5. The molecule has 0 heterocycles. The number of ether oxygens (including phenoxy) is 2. The van der Waals surface area contributed by atoms with E-state index in [0.717, 1.165) is 44.4 Å². The highest BCUT2D eigenvalue weighted by Crippen LogP contribution is 2.43. The fourth-order valence-corrected chi connectivity index (χ4v) is 7.34. The standard InChI is InChI=1S/C43H76NO13PS/c1-4-5-6-7-8-9-10-11-12-16-19-22-27-40(39(47)26-24-28-41(48)49)59-34-38(44)43(51)57-37(33-56-58(52,53)55-31-36(46)30-45)32-54-42(50)29-23-20-17-14-13-15-18-21-25-35(2)3/h8-9,11-12,16,19,22,27,35-40,45-47H,4-7,10,13-15,17-18,20-21,23-26,28-34,44H2,1-3H3,(H,48,49)(H,52,53)/b9-8-,12-11-,19-16+,27-22+/t36-,37+,38-,39-,40+/m0/s1. The minimum Gasteiger partial charge on any atom is -0.481 e. The highest BCUT2D eigenvalue weighted by Gasteiger charge is 2.29. The Bertz CT molecular complexity index is 1260. The molecule has 0 aliphatic carbocycles. The number of phosphoric ester groups is 1. The quantitative estimate of drug-likeness (QED) is 0.0114. The Labute approximate surface area is 357 Å². The second kappa shape index (κ2) is 37.4. The van der Waals surface area contributed by atoms with Crippen molar-refractivity contribution in [2.75, 3.05) is 32.2 Å². The molecule has 6 atom stereocenters. The number of carbonyl (C=O) groups excluding carboxylic acids is 2. The summed E-state index contributed by atoms with van der Waals surface area (Å²) < 4.78 is 32.8. The lowest BCUT2D eigenvalue weighted by Crippen LogP contribution is -2.40. The van der Waals surface area contributed by atoms with E-state index in [1.807, 2.05) is 18.2 Å². The van der Waals surface area contributed by atoms with E-state index in [0.29, 0.717) is 6.42 Å². The first kappa shape index (κ1) is 56.7. The predicted molar refractivity (Wildman–Crippen MR) is 234 cm³/mol. The molecule has 1 unspecified atom stereocenters. The number of thioether (sulfide) groups is 1. The molecule has 0 spiro atoms.